The third kappa shape index (κ3) is 4.35. The van der Waals surface area contributed by atoms with E-state index in [1.54, 1.807) is 0 Å². The van der Waals surface area contributed by atoms with Crippen LogP contribution < -0.4 is 10.6 Å². The fourth-order valence-electron chi connectivity index (χ4n) is 1.93. The van der Waals surface area contributed by atoms with Crippen molar-refractivity contribution in [3.8, 4) is 0 Å². The van der Waals surface area contributed by atoms with Gasteiger partial charge in [-0.25, -0.2) is 0 Å². The van der Waals surface area contributed by atoms with Gasteiger partial charge in [0, 0.05) is 17.6 Å². The average molecular weight is 267 g/mol. The highest BCUT2D eigenvalue weighted by molar-refractivity contribution is 5.78. The van der Waals surface area contributed by atoms with Gasteiger partial charge in [0.05, 0.1) is 12.2 Å². The van der Waals surface area contributed by atoms with Gasteiger partial charge in [0.15, 0.2) is 0 Å². The maximum absolute atomic E-state index is 11.8. The first kappa shape index (κ1) is 15.7. The SMILES string of the molecule is Cc1noc(C)c1C(C)NCC(=O)NC(C)C(C)C. The summed E-state index contributed by atoms with van der Waals surface area (Å²) in [6.07, 6.45) is 0. The second-order valence-electron chi connectivity index (χ2n) is 5.44. The maximum Gasteiger partial charge on any atom is 0.234 e. The standard InChI is InChI=1S/C14H25N3O2/c1-8(2)9(3)16-13(18)7-15-10(4)14-11(5)17-19-12(14)6/h8-10,15H,7H2,1-6H3,(H,16,18). The minimum Gasteiger partial charge on any atom is -0.361 e. The van der Waals surface area contributed by atoms with E-state index in [1.165, 1.54) is 0 Å². The highest BCUT2D eigenvalue weighted by Crippen LogP contribution is 2.20. The van der Waals surface area contributed by atoms with Crippen LogP contribution in [0.25, 0.3) is 0 Å². The summed E-state index contributed by atoms with van der Waals surface area (Å²) in [6, 6.07) is 0.232. The summed E-state index contributed by atoms with van der Waals surface area (Å²) in [5.74, 6) is 1.25. The Hall–Kier alpha value is -1.36. The number of aryl methyl sites for hydroxylation is 2. The largest absolute Gasteiger partial charge is 0.361 e. The molecule has 1 aromatic heterocycles. The lowest BCUT2D eigenvalue weighted by atomic mass is 10.1. The number of amides is 1. The van der Waals surface area contributed by atoms with Crippen molar-refractivity contribution in [2.75, 3.05) is 6.54 Å². The molecule has 0 aliphatic rings. The van der Waals surface area contributed by atoms with Gasteiger partial charge in [0.25, 0.3) is 0 Å². The average Bonchev–Trinajstić information content (AvgIpc) is 2.66. The van der Waals surface area contributed by atoms with Crippen molar-refractivity contribution in [3.05, 3.63) is 17.0 Å². The highest BCUT2D eigenvalue weighted by atomic mass is 16.5. The van der Waals surface area contributed by atoms with Gasteiger partial charge in [-0.05, 0) is 33.6 Å². The first-order valence-corrected chi connectivity index (χ1v) is 6.78. The molecule has 1 rings (SSSR count). The molecule has 0 aromatic carbocycles. The monoisotopic (exact) mass is 267 g/mol. The van der Waals surface area contributed by atoms with Crippen molar-refractivity contribution in [2.24, 2.45) is 5.92 Å². The molecule has 2 unspecified atom stereocenters. The summed E-state index contributed by atoms with van der Waals surface area (Å²) in [4.78, 5) is 11.8. The molecule has 0 bridgehead atoms. The van der Waals surface area contributed by atoms with Crippen LogP contribution in [0, 0.1) is 19.8 Å². The number of nitrogens with one attached hydrogen (secondary N) is 2. The fraction of sp³-hybridized carbons (Fsp3) is 0.714. The van der Waals surface area contributed by atoms with Crippen LogP contribution in [0.4, 0.5) is 0 Å². The second kappa shape index (κ2) is 6.70. The Morgan fingerprint density at radius 3 is 2.37 bits per heavy atom. The number of hydrogen-bond acceptors (Lipinski definition) is 4. The van der Waals surface area contributed by atoms with Crippen molar-refractivity contribution < 1.29 is 9.32 Å². The Balaban J connectivity index is 2.47. The van der Waals surface area contributed by atoms with Crippen molar-refractivity contribution in [2.45, 2.75) is 53.6 Å². The van der Waals surface area contributed by atoms with Crippen LogP contribution in [0.5, 0.6) is 0 Å². The third-order valence-corrected chi connectivity index (χ3v) is 3.48. The van der Waals surface area contributed by atoms with Crippen LogP contribution >= 0.6 is 0 Å². The van der Waals surface area contributed by atoms with E-state index >= 15 is 0 Å². The maximum atomic E-state index is 11.8. The lowest BCUT2D eigenvalue weighted by Crippen LogP contribution is -2.41. The van der Waals surface area contributed by atoms with E-state index in [0.717, 1.165) is 17.0 Å². The Bertz CT molecular complexity index is 407. The van der Waals surface area contributed by atoms with E-state index < -0.39 is 0 Å². The molecule has 0 aliphatic heterocycles. The van der Waals surface area contributed by atoms with E-state index in [9.17, 15) is 4.79 Å². The van der Waals surface area contributed by atoms with Crippen LogP contribution in [0.3, 0.4) is 0 Å². The third-order valence-electron chi connectivity index (χ3n) is 3.48. The van der Waals surface area contributed by atoms with Gasteiger partial charge in [-0.15, -0.1) is 0 Å². The van der Waals surface area contributed by atoms with E-state index in [4.69, 9.17) is 4.52 Å². The molecule has 2 N–H and O–H groups in total. The number of nitrogens with zero attached hydrogens (tertiary/aromatic N) is 1. The quantitative estimate of drug-likeness (QED) is 0.828. The first-order valence-electron chi connectivity index (χ1n) is 6.78. The molecule has 0 saturated carbocycles. The molecule has 108 valence electrons. The van der Waals surface area contributed by atoms with E-state index in [0.29, 0.717) is 12.5 Å². The molecule has 0 radical (unpaired) electrons. The van der Waals surface area contributed by atoms with Gasteiger partial charge in [0.2, 0.25) is 5.91 Å². The zero-order valence-electron chi connectivity index (χ0n) is 12.7. The van der Waals surface area contributed by atoms with Crippen molar-refractivity contribution in [3.63, 3.8) is 0 Å². The van der Waals surface area contributed by atoms with Gasteiger partial charge in [-0.1, -0.05) is 19.0 Å². The molecule has 5 nitrogen and oxygen atoms in total. The first-order chi connectivity index (χ1) is 8.82. The smallest absolute Gasteiger partial charge is 0.234 e. The summed E-state index contributed by atoms with van der Waals surface area (Å²) in [5, 5.41) is 10.1. The molecule has 0 spiro atoms. The summed E-state index contributed by atoms with van der Waals surface area (Å²) in [5.41, 5.74) is 1.90. The van der Waals surface area contributed by atoms with Crippen LogP contribution in [0.15, 0.2) is 4.52 Å². The number of carbonyl (C=O) groups excluding carboxylic acids is 1. The normalized spacial score (nSPS) is 14.5. The molecule has 2 atom stereocenters. The molecule has 19 heavy (non-hydrogen) atoms. The van der Waals surface area contributed by atoms with E-state index in [2.05, 4.69) is 29.6 Å². The molecule has 1 amide bonds. The minimum absolute atomic E-state index is 0.0137. The van der Waals surface area contributed by atoms with Gasteiger partial charge in [0.1, 0.15) is 5.76 Å². The summed E-state index contributed by atoms with van der Waals surface area (Å²) < 4.78 is 5.13. The van der Waals surface area contributed by atoms with Gasteiger partial charge in [-0.2, -0.15) is 0 Å². The van der Waals surface area contributed by atoms with E-state index in [1.807, 2.05) is 27.7 Å². The molecular formula is C14H25N3O2. The number of aromatic nitrogens is 1. The molecule has 1 heterocycles. The summed E-state index contributed by atoms with van der Waals surface area (Å²) in [7, 11) is 0. The molecule has 1 aromatic rings. The molecule has 5 heteroatoms. The second-order valence-corrected chi connectivity index (χ2v) is 5.44. The molecule has 0 aliphatic carbocycles. The van der Waals surface area contributed by atoms with Crippen molar-refractivity contribution in [1.82, 2.24) is 15.8 Å². The van der Waals surface area contributed by atoms with Crippen LogP contribution in [-0.4, -0.2) is 23.7 Å². The van der Waals surface area contributed by atoms with Crippen LogP contribution in [0.2, 0.25) is 0 Å². The zero-order chi connectivity index (χ0) is 14.6. The minimum atomic E-state index is 0.0137. The number of hydrogen-bond donors (Lipinski definition) is 2. The number of carbonyl (C=O) groups is 1. The predicted molar refractivity (Wildman–Crippen MR) is 74.8 cm³/mol. The lowest BCUT2D eigenvalue weighted by Gasteiger charge is -2.19. The Labute approximate surface area is 115 Å². The zero-order valence-corrected chi connectivity index (χ0v) is 12.7. The summed E-state index contributed by atoms with van der Waals surface area (Å²) in [6.45, 7) is 12.3. The van der Waals surface area contributed by atoms with E-state index in [-0.39, 0.29) is 18.0 Å². The Kier molecular flexibility index (Phi) is 5.54. The summed E-state index contributed by atoms with van der Waals surface area (Å²) >= 11 is 0. The Morgan fingerprint density at radius 1 is 1.26 bits per heavy atom. The van der Waals surface area contributed by atoms with Gasteiger partial charge >= 0.3 is 0 Å². The van der Waals surface area contributed by atoms with Crippen LogP contribution in [0.1, 0.15) is 50.8 Å². The van der Waals surface area contributed by atoms with Crippen molar-refractivity contribution in [1.29, 1.82) is 0 Å². The number of rotatable bonds is 6. The lowest BCUT2D eigenvalue weighted by molar-refractivity contribution is -0.121. The van der Waals surface area contributed by atoms with Gasteiger partial charge < -0.3 is 15.2 Å². The van der Waals surface area contributed by atoms with Crippen molar-refractivity contribution >= 4 is 5.91 Å². The fourth-order valence-corrected chi connectivity index (χ4v) is 1.93. The highest BCUT2D eigenvalue weighted by Gasteiger charge is 2.17. The molecule has 0 fully saturated rings. The topological polar surface area (TPSA) is 67.2 Å². The molecule has 0 saturated heterocycles. The van der Waals surface area contributed by atoms with Crippen LogP contribution in [-0.2, 0) is 4.79 Å². The molecular weight excluding hydrogens is 242 g/mol. The Morgan fingerprint density at radius 2 is 1.89 bits per heavy atom. The van der Waals surface area contributed by atoms with Gasteiger partial charge in [-0.3, -0.25) is 4.79 Å². The predicted octanol–water partition coefficient (Wildman–Crippen LogP) is 2.10.